The summed E-state index contributed by atoms with van der Waals surface area (Å²) in [6.45, 7) is 18.5. The Balaban J connectivity index is 4.52. The van der Waals surface area contributed by atoms with Crippen molar-refractivity contribution in [3.8, 4) is 0 Å². The summed E-state index contributed by atoms with van der Waals surface area (Å²) in [4.78, 5) is 23.5. The maximum Gasteiger partial charge on any atom is 0.331 e. The highest BCUT2D eigenvalue weighted by Gasteiger charge is 2.23. The summed E-state index contributed by atoms with van der Waals surface area (Å²) in [5.41, 5.74) is 0.526. The molecule has 124 valence electrons. The molecule has 4 heteroatoms. The third-order valence-electron chi connectivity index (χ3n) is 2.56. The van der Waals surface area contributed by atoms with E-state index in [4.69, 9.17) is 9.47 Å². The molecule has 0 aliphatic heterocycles. The standard InChI is InChI=1S/C18H28O4/c1-13(2)11-17(5,6)21-15(19)9-10-16(20)22-18(7,8)12-14(3)4/h9-10H,1,3,11-12H2,2,4-8H3/b10-9+. The first kappa shape index (κ1) is 20.2. The van der Waals surface area contributed by atoms with Crippen molar-refractivity contribution in [3.05, 3.63) is 36.5 Å². The Morgan fingerprint density at radius 2 is 1.09 bits per heavy atom. The number of ether oxygens (including phenoxy) is 2. The summed E-state index contributed by atoms with van der Waals surface area (Å²) in [6.07, 6.45) is 3.28. The molecule has 0 atom stereocenters. The molecule has 0 bridgehead atoms. The maximum atomic E-state index is 11.7. The fourth-order valence-corrected chi connectivity index (χ4v) is 2.27. The van der Waals surface area contributed by atoms with Crippen molar-refractivity contribution < 1.29 is 19.1 Å². The molecule has 0 aliphatic rings. The van der Waals surface area contributed by atoms with Gasteiger partial charge >= 0.3 is 11.9 Å². The zero-order valence-corrected chi connectivity index (χ0v) is 14.6. The van der Waals surface area contributed by atoms with Gasteiger partial charge < -0.3 is 9.47 Å². The van der Waals surface area contributed by atoms with Crippen LogP contribution in [0, 0.1) is 0 Å². The van der Waals surface area contributed by atoms with E-state index in [0.717, 1.165) is 23.3 Å². The van der Waals surface area contributed by atoms with Crippen molar-refractivity contribution in [2.24, 2.45) is 0 Å². The van der Waals surface area contributed by atoms with E-state index in [1.54, 1.807) is 27.7 Å². The third-order valence-corrected chi connectivity index (χ3v) is 2.56. The monoisotopic (exact) mass is 308 g/mol. The zero-order valence-electron chi connectivity index (χ0n) is 14.6. The third kappa shape index (κ3) is 9.97. The van der Waals surface area contributed by atoms with Gasteiger partial charge in [0.05, 0.1) is 0 Å². The molecule has 0 spiro atoms. The van der Waals surface area contributed by atoms with Crippen LogP contribution in [0.1, 0.15) is 54.4 Å². The van der Waals surface area contributed by atoms with Gasteiger partial charge in [-0.1, -0.05) is 24.3 Å². The molecule has 22 heavy (non-hydrogen) atoms. The minimum Gasteiger partial charge on any atom is -0.456 e. The fraction of sp³-hybridized carbons (Fsp3) is 0.556. The van der Waals surface area contributed by atoms with E-state index in [1.807, 2.05) is 13.8 Å². The number of carbonyl (C=O) groups excluding carboxylic acids is 2. The smallest absolute Gasteiger partial charge is 0.331 e. The molecule has 0 fully saturated rings. The average molecular weight is 308 g/mol. The quantitative estimate of drug-likeness (QED) is 0.384. The molecule has 0 saturated heterocycles. The SMILES string of the molecule is C=C(C)CC(C)(C)OC(=O)/C=C/C(=O)OC(C)(C)CC(=C)C. The second-order valence-electron chi connectivity index (χ2n) is 6.96. The van der Waals surface area contributed by atoms with Crippen LogP contribution in [-0.4, -0.2) is 23.1 Å². The molecular weight excluding hydrogens is 280 g/mol. The van der Waals surface area contributed by atoms with E-state index in [-0.39, 0.29) is 0 Å². The first-order chi connectivity index (χ1) is 9.83. The number of carbonyl (C=O) groups is 2. The Morgan fingerprint density at radius 1 is 0.818 bits per heavy atom. The second-order valence-corrected chi connectivity index (χ2v) is 6.96. The van der Waals surface area contributed by atoms with Gasteiger partial charge in [-0.2, -0.15) is 0 Å². The van der Waals surface area contributed by atoms with E-state index in [0.29, 0.717) is 12.8 Å². The molecule has 0 heterocycles. The number of hydrogen-bond donors (Lipinski definition) is 0. The van der Waals surface area contributed by atoms with Crippen LogP contribution >= 0.6 is 0 Å². The summed E-state index contributed by atoms with van der Waals surface area (Å²) in [5.74, 6) is -1.16. The lowest BCUT2D eigenvalue weighted by Crippen LogP contribution is -2.28. The van der Waals surface area contributed by atoms with Crippen LogP contribution in [-0.2, 0) is 19.1 Å². The summed E-state index contributed by atoms with van der Waals surface area (Å²) in [5, 5.41) is 0. The Bertz CT molecular complexity index is 437. The van der Waals surface area contributed by atoms with E-state index in [1.165, 1.54) is 0 Å². The molecule has 0 aromatic rings. The first-order valence-electron chi connectivity index (χ1n) is 7.26. The first-order valence-corrected chi connectivity index (χ1v) is 7.26. The minimum atomic E-state index is -0.656. The molecule has 0 saturated carbocycles. The van der Waals surface area contributed by atoms with Gasteiger partial charge in [0.1, 0.15) is 11.2 Å². The van der Waals surface area contributed by atoms with Gasteiger partial charge in [-0.25, -0.2) is 9.59 Å². The van der Waals surface area contributed by atoms with Crippen LogP contribution in [0.4, 0.5) is 0 Å². The molecule has 0 aliphatic carbocycles. The van der Waals surface area contributed by atoms with Crippen molar-refractivity contribution >= 4 is 11.9 Å². The Kier molecular flexibility index (Phi) is 7.30. The van der Waals surface area contributed by atoms with E-state index in [9.17, 15) is 9.59 Å². The van der Waals surface area contributed by atoms with Crippen molar-refractivity contribution in [3.63, 3.8) is 0 Å². The molecule has 0 aromatic carbocycles. The number of rotatable bonds is 8. The van der Waals surface area contributed by atoms with Crippen LogP contribution in [0.3, 0.4) is 0 Å². The largest absolute Gasteiger partial charge is 0.456 e. The summed E-state index contributed by atoms with van der Waals surface area (Å²) < 4.78 is 10.6. The van der Waals surface area contributed by atoms with Crippen LogP contribution in [0.25, 0.3) is 0 Å². The highest BCUT2D eigenvalue weighted by atomic mass is 16.6. The van der Waals surface area contributed by atoms with Gasteiger partial charge in [-0.15, -0.1) is 0 Å². The molecule has 0 N–H and O–H groups in total. The lowest BCUT2D eigenvalue weighted by molar-refractivity contribution is -0.153. The molecule has 4 nitrogen and oxygen atoms in total. The van der Waals surface area contributed by atoms with Gasteiger partial charge in [0.2, 0.25) is 0 Å². The lowest BCUT2D eigenvalue weighted by atomic mass is 10.0. The van der Waals surface area contributed by atoms with Crippen LogP contribution in [0.15, 0.2) is 36.5 Å². The predicted octanol–water partition coefficient (Wildman–Crippen LogP) is 4.12. The average Bonchev–Trinajstić information content (AvgIpc) is 2.20. The summed E-state index contributed by atoms with van der Waals surface area (Å²) in [7, 11) is 0. The second kappa shape index (κ2) is 7.97. The van der Waals surface area contributed by atoms with E-state index in [2.05, 4.69) is 13.2 Å². The zero-order chi connectivity index (χ0) is 17.6. The maximum absolute atomic E-state index is 11.7. The van der Waals surface area contributed by atoms with Crippen LogP contribution < -0.4 is 0 Å². The van der Waals surface area contributed by atoms with Crippen molar-refractivity contribution in [1.82, 2.24) is 0 Å². The van der Waals surface area contributed by atoms with Crippen LogP contribution in [0.2, 0.25) is 0 Å². The highest BCUT2D eigenvalue weighted by Crippen LogP contribution is 2.20. The Labute approximate surface area is 133 Å². The predicted molar refractivity (Wildman–Crippen MR) is 88.3 cm³/mol. The lowest BCUT2D eigenvalue weighted by Gasteiger charge is -2.25. The summed E-state index contributed by atoms with van der Waals surface area (Å²) in [6, 6.07) is 0. The molecule has 0 unspecified atom stereocenters. The molecule has 0 radical (unpaired) electrons. The van der Waals surface area contributed by atoms with Gasteiger partial charge in [0.15, 0.2) is 0 Å². The van der Waals surface area contributed by atoms with Gasteiger partial charge in [-0.05, 0) is 41.5 Å². The molecule has 0 aromatic heterocycles. The highest BCUT2D eigenvalue weighted by molar-refractivity contribution is 5.92. The van der Waals surface area contributed by atoms with Crippen molar-refractivity contribution in [1.29, 1.82) is 0 Å². The molecular formula is C18H28O4. The Hall–Kier alpha value is -1.84. The van der Waals surface area contributed by atoms with Gasteiger partial charge in [0, 0.05) is 25.0 Å². The molecule has 0 amide bonds. The molecule has 0 rings (SSSR count). The van der Waals surface area contributed by atoms with Gasteiger partial charge in [0.25, 0.3) is 0 Å². The van der Waals surface area contributed by atoms with E-state index < -0.39 is 23.1 Å². The van der Waals surface area contributed by atoms with Crippen molar-refractivity contribution in [2.45, 2.75) is 65.6 Å². The minimum absolute atomic E-state index is 0.558. The normalized spacial score (nSPS) is 12.1. The van der Waals surface area contributed by atoms with Gasteiger partial charge in [-0.3, -0.25) is 0 Å². The van der Waals surface area contributed by atoms with Crippen LogP contribution in [0.5, 0.6) is 0 Å². The Morgan fingerprint density at radius 3 is 1.32 bits per heavy atom. The number of esters is 2. The van der Waals surface area contributed by atoms with Crippen molar-refractivity contribution in [2.75, 3.05) is 0 Å². The summed E-state index contributed by atoms with van der Waals surface area (Å²) >= 11 is 0. The fourth-order valence-electron chi connectivity index (χ4n) is 2.27. The van der Waals surface area contributed by atoms with E-state index >= 15 is 0 Å². The topological polar surface area (TPSA) is 52.6 Å². The number of hydrogen-bond acceptors (Lipinski definition) is 4.